The molecule has 0 unspecified atom stereocenters. The average Bonchev–Trinajstić information content (AvgIpc) is 2.05. The van der Waals surface area contributed by atoms with Gasteiger partial charge in [0.2, 0.25) is 0 Å². The summed E-state index contributed by atoms with van der Waals surface area (Å²) in [7, 11) is 0. The van der Waals surface area contributed by atoms with E-state index in [0.717, 1.165) is 12.1 Å². The number of benzene rings is 1. The molecule has 90 valence electrons. The number of hydrogen-bond donors (Lipinski definition) is 1. The Morgan fingerprint density at radius 1 is 1.19 bits per heavy atom. The standard InChI is InChI=1S/C9H7F4I2N/c1-8(15,16)4-2-3-5(9(11,12)13)7(14)6(4)10/h2-3H,16H2,1H3/t8-/m0/s1. The fourth-order valence-corrected chi connectivity index (χ4v) is 2.34. The molecule has 1 aromatic rings. The predicted octanol–water partition coefficient (Wildman–Crippen LogP) is 4.02. The van der Waals surface area contributed by atoms with Crippen molar-refractivity contribution in [1.82, 2.24) is 0 Å². The minimum atomic E-state index is -4.55. The van der Waals surface area contributed by atoms with Crippen LogP contribution in [-0.4, -0.2) is 0 Å². The van der Waals surface area contributed by atoms with E-state index in [-0.39, 0.29) is 5.56 Å². The second kappa shape index (κ2) is 4.56. The van der Waals surface area contributed by atoms with E-state index in [0.29, 0.717) is 0 Å². The molecule has 2 N–H and O–H groups in total. The van der Waals surface area contributed by atoms with Crippen molar-refractivity contribution in [2.24, 2.45) is 5.73 Å². The molecule has 0 heterocycles. The van der Waals surface area contributed by atoms with E-state index in [1.165, 1.54) is 29.5 Å². The lowest BCUT2D eigenvalue weighted by molar-refractivity contribution is -0.138. The van der Waals surface area contributed by atoms with Crippen molar-refractivity contribution < 1.29 is 17.6 Å². The SMILES string of the molecule is C[C@@](N)(I)c1ccc(C(F)(F)F)c(I)c1F. The third-order valence-electron chi connectivity index (χ3n) is 1.91. The Morgan fingerprint density at radius 2 is 1.62 bits per heavy atom. The predicted molar refractivity (Wildman–Crippen MR) is 69.7 cm³/mol. The van der Waals surface area contributed by atoms with E-state index in [9.17, 15) is 17.6 Å². The average molecular weight is 459 g/mol. The van der Waals surface area contributed by atoms with Gasteiger partial charge in [0, 0.05) is 5.56 Å². The zero-order valence-corrected chi connectivity index (χ0v) is 12.3. The van der Waals surface area contributed by atoms with E-state index in [2.05, 4.69) is 0 Å². The molecule has 16 heavy (non-hydrogen) atoms. The number of rotatable bonds is 1. The van der Waals surface area contributed by atoms with Crippen molar-refractivity contribution in [3.63, 3.8) is 0 Å². The van der Waals surface area contributed by atoms with Gasteiger partial charge in [-0.2, -0.15) is 13.2 Å². The molecule has 1 nitrogen and oxygen atoms in total. The minimum Gasteiger partial charge on any atom is -0.313 e. The molecule has 0 aromatic heterocycles. The summed E-state index contributed by atoms with van der Waals surface area (Å²) in [5.74, 6) is -0.908. The highest BCUT2D eigenvalue weighted by molar-refractivity contribution is 14.1. The zero-order chi connectivity index (χ0) is 12.7. The Kier molecular flexibility index (Phi) is 4.11. The van der Waals surface area contributed by atoms with E-state index in [1.54, 1.807) is 22.6 Å². The fourth-order valence-electron chi connectivity index (χ4n) is 1.15. The first-order valence-electron chi connectivity index (χ1n) is 4.08. The summed E-state index contributed by atoms with van der Waals surface area (Å²) >= 11 is 3.11. The van der Waals surface area contributed by atoms with Gasteiger partial charge in [0.25, 0.3) is 0 Å². The van der Waals surface area contributed by atoms with E-state index >= 15 is 0 Å². The van der Waals surface area contributed by atoms with Crippen LogP contribution >= 0.6 is 45.2 Å². The van der Waals surface area contributed by atoms with Crippen LogP contribution in [0.1, 0.15) is 18.1 Å². The van der Waals surface area contributed by atoms with Crippen molar-refractivity contribution >= 4 is 45.2 Å². The second-order valence-corrected chi connectivity index (χ2v) is 6.68. The van der Waals surface area contributed by atoms with Crippen LogP contribution in [0.3, 0.4) is 0 Å². The maximum Gasteiger partial charge on any atom is 0.417 e. The number of alkyl halides is 4. The first kappa shape index (κ1) is 14.4. The number of hydrogen-bond acceptors (Lipinski definition) is 1. The highest BCUT2D eigenvalue weighted by Crippen LogP contribution is 2.37. The van der Waals surface area contributed by atoms with Gasteiger partial charge in [-0.3, -0.25) is 0 Å². The topological polar surface area (TPSA) is 26.0 Å². The lowest BCUT2D eigenvalue weighted by Crippen LogP contribution is -2.27. The van der Waals surface area contributed by atoms with Gasteiger partial charge < -0.3 is 5.73 Å². The van der Waals surface area contributed by atoms with E-state index in [1.807, 2.05) is 0 Å². The molecular formula is C9H7F4I2N. The zero-order valence-electron chi connectivity index (χ0n) is 8.00. The first-order chi connectivity index (χ1) is 7.05. The molecule has 7 heteroatoms. The van der Waals surface area contributed by atoms with Crippen molar-refractivity contribution in [1.29, 1.82) is 0 Å². The van der Waals surface area contributed by atoms with Crippen LogP contribution in [0.25, 0.3) is 0 Å². The molecule has 0 aliphatic heterocycles. The Bertz CT molecular complexity index is 370. The van der Waals surface area contributed by atoms with Crippen LogP contribution in [0.5, 0.6) is 0 Å². The molecule has 0 fully saturated rings. The lowest BCUT2D eigenvalue weighted by Gasteiger charge is -2.20. The molecule has 0 saturated carbocycles. The van der Waals surface area contributed by atoms with Crippen LogP contribution in [0.2, 0.25) is 0 Å². The van der Waals surface area contributed by atoms with Crippen molar-refractivity contribution in [3.05, 3.63) is 32.6 Å². The van der Waals surface area contributed by atoms with Gasteiger partial charge in [0.05, 0.1) is 12.7 Å². The summed E-state index contributed by atoms with van der Waals surface area (Å²) in [4.78, 5) is 0. The minimum absolute atomic E-state index is 0.0606. The molecule has 0 spiro atoms. The number of halogens is 6. The van der Waals surface area contributed by atoms with Crippen LogP contribution in [0.15, 0.2) is 12.1 Å². The maximum absolute atomic E-state index is 13.7. The molecule has 0 radical (unpaired) electrons. The van der Waals surface area contributed by atoms with Crippen LogP contribution < -0.4 is 5.73 Å². The van der Waals surface area contributed by atoms with Crippen molar-refractivity contribution in [3.8, 4) is 0 Å². The summed E-state index contributed by atoms with van der Waals surface area (Å²) in [5, 5.41) is 0. The lowest BCUT2D eigenvalue weighted by atomic mass is 10.1. The van der Waals surface area contributed by atoms with E-state index in [4.69, 9.17) is 5.73 Å². The smallest absolute Gasteiger partial charge is 0.313 e. The van der Waals surface area contributed by atoms with Crippen LogP contribution in [0, 0.1) is 9.39 Å². The van der Waals surface area contributed by atoms with E-state index < -0.39 is 24.7 Å². The monoisotopic (exact) mass is 459 g/mol. The third kappa shape index (κ3) is 2.97. The first-order valence-corrected chi connectivity index (χ1v) is 6.24. The highest BCUT2D eigenvalue weighted by atomic mass is 127. The van der Waals surface area contributed by atoms with Gasteiger partial charge in [0.15, 0.2) is 0 Å². The van der Waals surface area contributed by atoms with Crippen molar-refractivity contribution in [2.75, 3.05) is 0 Å². The molecule has 0 saturated heterocycles. The summed E-state index contributed by atoms with van der Waals surface area (Å²) < 4.78 is 49.6. The van der Waals surface area contributed by atoms with Gasteiger partial charge in [-0.25, -0.2) is 4.39 Å². The molecule has 0 amide bonds. The Morgan fingerprint density at radius 3 is 2.00 bits per heavy atom. The largest absolute Gasteiger partial charge is 0.417 e. The van der Waals surface area contributed by atoms with Crippen LogP contribution in [0.4, 0.5) is 17.6 Å². The molecular weight excluding hydrogens is 452 g/mol. The third-order valence-corrected chi connectivity index (χ3v) is 3.55. The highest BCUT2D eigenvalue weighted by Gasteiger charge is 2.36. The molecule has 0 aliphatic carbocycles. The summed E-state index contributed by atoms with van der Waals surface area (Å²) in [5.41, 5.74) is 4.73. The van der Waals surface area contributed by atoms with Gasteiger partial charge in [0.1, 0.15) is 5.82 Å². The molecule has 1 aromatic carbocycles. The summed E-state index contributed by atoms with van der Waals surface area (Å²) in [6.45, 7) is 1.52. The fraction of sp³-hybridized carbons (Fsp3) is 0.333. The summed E-state index contributed by atoms with van der Waals surface area (Å²) in [6, 6.07) is 1.93. The maximum atomic E-state index is 13.7. The van der Waals surface area contributed by atoms with Gasteiger partial charge in [-0.15, -0.1) is 0 Å². The van der Waals surface area contributed by atoms with Gasteiger partial charge in [-0.05, 0) is 35.6 Å². The number of nitrogens with two attached hydrogens (primary N) is 1. The second-order valence-electron chi connectivity index (χ2n) is 3.36. The summed E-state index contributed by atoms with van der Waals surface area (Å²) in [6.07, 6.45) is -4.55. The molecule has 0 bridgehead atoms. The Hall–Kier alpha value is 0.360. The van der Waals surface area contributed by atoms with Gasteiger partial charge in [-0.1, -0.05) is 28.7 Å². The van der Waals surface area contributed by atoms with Crippen LogP contribution in [-0.2, 0) is 9.72 Å². The molecule has 1 rings (SSSR count). The van der Waals surface area contributed by atoms with Gasteiger partial charge >= 0.3 is 6.18 Å². The normalized spacial score (nSPS) is 16.0. The molecule has 0 aliphatic rings. The quantitative estimate of drug-likeness (QED) is 0.292. The van der Waals surface area contributed by atoms with Crippen molar-refractivity contribution in [2.45, 2.75) is 16.6 Å². The molecule has 1 atom stereocenters. The Labute approximate surface area is 117 Å². The Balaban J connectivity index is 3.41.